The van der Waals surface area contributed by atoms with E-state index in [1.165, 1.54) is 25.7 Å². The Bertz CT molecular complexity index is 450. The summed E-state index contributed by atoms with van der Waals surface area (Å²) in [6.45, 7) is 8.71. The highest BCUT2D eigenvalue weighted by Crippen LogP contribution is 2.43. The summed E-state index contributed by atoms with van der Waals surface area (Å²) in [5.41, 5.74) is 6.75. The predicted molar refractivity (Wildman–Crippen MR) is 87.9 cm³/mol. The Kier molecular flexibility index (Phi) is 4.79. The Morgan fingerprint density at radius 3 is 2.43 bits per heavy atom. The smallest absolute Gasteiger partial charge is 0.122 e. The van der Waals surface area contributed by atoms with E-state index >= 15 is 0 Å². The maximum absolute atomic E-state index is 6.19. The maximum Gasteiger partial charge on any atom is 0.122 e. The van der Waals surface area contributed by atoms with Crippen LogP contribution in [-0.2, 0) is 13.6 Å². The van der Waals surface area contributed by atoms with Crippen molar-refractivity contribution in [2.24, 2.45) is 24.1 Å². The van der Waals surface area contributed by atoms with E-state index in [-0.39, 0.29) is 5.54 Å². The van der Waals surface area contributed by atoms with E-state index in [1.54, 1.807) is 0 Å². The number of hydrogen-bond donors (Lipinski definition) is 1. The van der Waals surface area contributed by atoms with E-state index < -0.39 is 0 Å². The summed E-state index contributed by atoms with van der Waals surface area (Å²) in [4.78, 5) is 6.89. The van der Waals surface area contributed by atoms with E-state index in [0.717, 1.165) is 24.8 Å². The van der Waals surface area contributed by atoms with Crippen molar-refractivity contribution in [1.82, 2.24) is 14.5 Å². The molecule has 0 bridgehead atoms. The van der Waals surface area contributed by atoms with Crippen LogP contribution in [0.3, 0.4) is 0 Å². The molecule has 1 saturated carbocycles. The summed E-state index contributed by atoms with van der Waals surface area (Å²) in [6, 6.07) is 0. The standard InChI is InChI=1S/C17H32N4/c1-16(2,3)14-6-8-17(13-18,9-7-14)21(5)12-15-19-10-11-20(15)4/h10-11,14H,6-9,12-13,18H2,1-5H3. The van der Waals surface area contributed by atoms with Gasteiger partial charge in [0.2, 0.25) is 0 Å². The van der Waals surface area contributed by atoms with Crippen LogP contribution in [0.25, 0.3) is 0 Å². The van der Waals surface area contributed by atoms with Crippen molar-refractivity contribution in [3.05, 3.63) is 18.2 Å². The first-order chi connectivity index (χ1) is 9.78. The molecule has 1 aliphatic carbocycles. The first kappa shape index (κ1) is 16.5. The summed E-state index contributed by atoms with van der Waals surface area (Å²) in [6.07, 6.45) is 8.85. The molecule has 1 aliphatic rings. The summed E-state index contributed by atoms with van der Waals surface area (Å²) < 4.78 is 2.10. The van der Waals surface area contributed by atoms with Gasteiger partial charge in [-0.15, -0.1) is 0 Å². The number of hydrogen-bond acceptors (Lipinski definition) is 3. The van der Waals surface area contributed by atoms with Gasteiger partial charge in [0.15, 0.2) is 0 Å². The van der Waals surface area contributed by atoms with Crippen molar-refractivity contribution < 1.29 is 0 Å². The second-order valence-electron chi connectivity index (χ2n) is 7.88. The number of nitrogens with two attached hydrogens (primary N) is 1. The highest BCUT2D eigenvalue weighted by Gasteiger charge is 2.40. The van der Waals surface area contributed by atoms with E-state index in [2.05, 4.69) is 49.3 Å². The van der Waals surface area contributed by atoms with Crippen molar-refractivity contribution in [3.63, 3.8) is 0 Å². The molecule has 0 radical (unpaired) electrons. The van der Waals surface area contributed by atoms with Crippen LogP contribution >= 0.6 is 0 Å². The van der Waals surface area contributed by atoms with Gasteiger partial charge in [0, 0.05) is 31.5 Å². The predicted octanol–water partition coefficient (Wildman–Crippen LogP) is 2.79. The van der Waals surface area contributed by atoms with Crippen molar-refractivity contribution in [2.45, 2.75) is 58.5 Å². The Labute approximate surface area is 129 Å². The van der Waals surface area contributed by atoms with Gasteiger partial charge in [0.05, 0.1) is 6.54 Å². The molecule has 1 fully saturated rings. The molecule has 4 nitrogen and oxygen atoms in total. The highest BCUT2D eigenvalue weighted by molar-refractivity contribution is 4.99. The summed E-state index contributed by atoms with van der Waals surface area (Å²) >= 11 is 0. The molecule has 0 saturated heterocycles. The molecular weight excluding hydrogens is 260 g/mol. The van der Waals surface area contributed by atoms with Gasteiger partial charge in [-0.2, -0.15) is 0 Å². The van der Waals surface area contributed by atoms with E-state index in [0.29, 0.717) is 5.41 Å². The molecule has 1 aromatic heterocycles. The molecule has 2 N–H and O–H groups in total. The molecule has 21 heavy (non-hydrogen) atoms. The molecule has 0 amide bonds. The Morgan fingerprint density at radius 2 is 2.00 bits per heavy atom. The average Bonchev–Trinajstić information content (AvgIpc) is 2.83. The molecule has 4 heteroatoms. The van der Waals surface area contributed by atoms with Crippen LogP contribution in [0.2, 0.25) is 0 Å². The molecule has 2 rings (SSSR count). The van der Waals surface area contributed by atoms with Crippen LogP contribution in [0.1, 0.15) is 52.3 Å². The van der Waals surface area contributed by atoms with E-state index in [9.17, 15) is 0 Å². The largest absolute Gasteiger partial charge is 0.337 e. The fourth-order valence-electron chi connectivity index (χ4n) is 3.69. The fourth-order valence-corrected chi connectivity index (χ4v) is 3.69. The second kappa shape index (κ2) is 6.09. The van der Waals surface area contributed by atoms with Gasteiger partial charge >= 0.3 is 0 Å². The fraction of sp³-hybridized carbons (Fsp3) is 0.824. The number of likely N-dealkylation sites (N-methyl/N-ethyl adjacent to an activating group) is 1. The number of rotatable bonds is 4. The highest BCUT2D eigenvalue weighted by atomic mass is 15.2. The SMILES string of the molecule is CN(Cc1nccn1C)C1(CN)CCC(C(C)(C)C)CC1. The first-order valence-electron chi connectivity index (χ1n) is 8.16. The monoisotopic (exact) mass is 292 g/mol. The Morgan fingerprint density at radius 1 is 1.38 bits per heavy atom. The quantitative estimate of drug-likeness (QED) is 0.928. The minimum absolute atomic E-state index is 0.147. The van der Waals surface area contributed by atoms with Gasteiger partial charge in [-0.25, -0.2) is 4.98 Å². The minimum Gasteiger partial charge on any atom is -0.337 e. The average molecular weight is 292 g/mol. The third kappa shape index (κ3) is 3.49. The minimum atomic E-state index is 0.147. The van der Waals surface area contributed by atoms with Crippen LogP contribution in [0.15, 0.2) is 12.4 Å². The normalized spacial score (nSPS) is 27.3. The van der Waals surface area contributed by atoms with Crippen molar-refractivity contribution >= 4 is 0 Å². The molecule has 0 atom stereocenters. The zero-order chi connectivity index (χ0) is 15.7. The first-order valence-corrected chi connectivity index (χ1v) is 8.16. The van der Waals surface area contributed by atoms with Crippen molar-refractivity contribution in [2.75, 3.05) is 13.6 Å². The second-order valence-corrected chi connectivity index (χ2v) is 7.88. The topological polar surface area (TPSA) is 47.1 Å². The molecule has 1 aromatic rings. The van der Waals surface area contributed by atoms with Gasteiger partial charge in [-0.3, -0.25) is 4.90 Å². The summed E-state index contributed by atoms with van der Waals surface area (Å²) in [5.74, 6) is 1.93. The Hall–Kier alpha value is -0.870. The number of aromatic nitrogens is 2. The molecule has 0 aromatic carbocycles. The van der Waals surface area contributed by atoms with Crippen molar-refractivity contribution in [1.29, 1.82) is 0 Å². The molecule has 0 unspecified atom stereocenters. The maximum atomic E-state index is 6.19. The molecule has 0 spiro atoms. The summed E-state index contributed by atoms with van der Waals surface area (Å²) in [5, 5.41) is 0. The van der Waals surface area contributed by atoms with Crippen LogP contribution in [0, 0.1) is 11.3 Å². The zero-order valence-corrected chi connectivity index (χ0v) is 14.4. The van der Waals surface area contributed by atoms with E-state index in [1.807, 2.05) is 12.4 Å². The number of nitrogens with zero attached hydrogens (tertiary/aromatic N) is 3. The zero-order valence-electron chi connectivity index (χ0n) is 14.4. The molecular formula is C17H32N4. The molecule has 1 heterocycles. The molecule has 0 aliphatic heterocycles. The lowest BCUT2D eigenvalue weighted by molar-refractivity contribution is 0.0315. The lowest BCUT2D eigenvalue weighted by atomic mass is 9.67. The lowest BCUT2D eigenvalue weighted by Gasteiger charge is -2.48. The third-order valence-electron chi connectivity index (χ3n) is 5.63. The van der Waals surface area contributed by atoms with Gasteiger partial charge in [-0.1, -0.05) is 20.8 Å². The van der Waals surface area contributed by atoms with Gasteiger partial charge in [0.25, 0.3) is 0 Å². The van der Waals surface area contributed by atoms with Crippen LogP contribution in [0.4, 0.5) is 0 Å². The van der Waals surface area contributed by atoms with Crippen LogP contribution < -0.4 is 5.73 Å². The number of aryl methyl sites for hydroxylation is 1. The lowest BCUT2D eigenvalue weighted by Crippen LogP contribution is -2.54. The van der Waals surface area contributed by atoms with Gasteiger partial charge < -0.3 is 10.3 Å². The van der Waals surface area contributed by atoms with Gasteiger partial charge in [-0.05, 0) is 44.1 Å². The third-order valence-corrected chi connectivity index (χ3v) is 5.63. The number of imidazole rings is 1. The van der Waals surface area contributed by atoms with E-state index in [4.69, 9.17) is 5.73 Å². The van der Waals surface area contributed by atoms with Gasteiger partial charge in [0.1, 0.15) is 5.82 Å². The van der Waals surface area contributed by atoms with Crippen molar-refractivity contribution in [3.8, 4) is 0 Å². The van der Waals surface area contributed by atoms with Crippen LogP contribution in [-0.4, -0.2) is 33.6 Å². The van der Waals surface area contributed by atoms with Crippen LogP contribution in [0.5, 0.6) is 0 Å². The Balaban J connectivity index is 2.04. The molecule has 120 valence electrons. The summed E-state index contributed by atoms with van der Waals surface area (Å²) in [7, 11) is 4.26.